The van der Waals surface area contributed by atoms with Crippen molar-refractivity contribution in [2.45, 2.75) is 74.8 Å². The van der Waals surface area contributed by atoms with Gasteiger partial charge < -0.3 is 29.9 Å². The highest BCUT2D eigenvalue weighted by Gasteiger charge is 2.57. The summed E-state index contributed by atoms with van der Waals surface area (Å²) in [6, 6.07) is 11.2. The number of nitrogens with one attached hydrogen (secondary N) is 1. The molecule has 0 spiro atoms. The molecule has 1 aromatic carbocycles. The van der Waals surface area contributed by atoms with Crippen LogP contribution in [0.15, 0.2) is 48.8 Å². The number of nitriles is 1. The number of para-hydroxylation sites is 1. The highest BCUT2D eigenvalue weighted by molar-refractivity contribution is 7.52. The summed E-state index contributed by atoms with van der Waals surface area (Å²) in [4.78, 5) is 16.8. The number of benzene rings is 1. The summed E-state index contributed by atoms with van der Waals surface area (Å²) >= 11 is 0. The fourth-order valence-electron chi connectivity index (χ4n) is 5.43. The van der Waals surface area contributed by atoms with Crippen molar-refractivity contribution in [3.63, 3.8) is 0 Å². The number of aliphatic hydroxyl groups is 2. The van der Waals surface area contributed by atoms with E-state index < -0.39 is 68.5 Å². The number of aliphatic hydroxyl groups excluding tert-OH is 2. The van der Waals surface area contributed by atoms with Crippen LogP contribution in [0.2, 0.25) is 0 Å². The van der Waals surface area contributed by atoms with Gasteiger partial charge in [0.25, 0.3) is 0 Å². The summed E-state index contributed by atoms with van der Waals surface area (Å²) in [7, 11) is -4.58. The summed E-state index contributed by atoms with van der Waals surface area (Å²) in [6.45, 7) is 0.388. The van der Waals surface area contributed by atoms with E-state index in [1.807, 2.05) is 0 Å². The fourth-order valence-corrected chi connectivity index (χ4v) is 6.95. The Morgan fingerprint density at radius 1 is 1.24 bits per heavy atom. The second-order valence-corrected chi connectivity index (χ2v) is 12.8. The van der Waals surface area contributed by atoms with Gasteiger partial charge in [-0.1, -0.05) is 18.2 Å². The summed E-state index contributed by atoms with van der Waals surface area (Å²) < 4.78 is 76.9. The minimum Gasteiger partial charge on any atom is -0.461 e. The summed E-state index contributed by atoms with van der Waals surface area (Å²) in [5.74, 6) is -2.19. The van der Waals surface area contributed by atoms with E-state index >= 15 is 0 Å². The molecule has 3 heterocycles. The van der Waals surface area contributed by atoms with Crippen LogP contribution in [0.25, 0.3) is 5.52 Å². The first-order chi connectivity index (χ1) is 21.7. The lowest BCUT2D eigenvalue weighted by molar-refractivity contribution is -0.188. The van der Waals surface area contributed by atoms with E-state index in [1.54, 1.807) is 30.3 Å². The molecule has 0 bridgehead atoms. The quantitative estimate of drug-likeness (QED) is 0.181. The lowest BCUT2D eigenvalue weighted by atomic mass is 9.87. The molecule has 3 aromatic rings. The van der Waals surface area contributed by atoms with Gasteiger partial charge in [0.15, 0.2) is 5.82 Å². The van der Waals surface area contributed by atoms with Crippen LogP contribution in [0.3, 0.4) is 0 Å². The molecule has 1 aliphatic carbocycles. The second-order valence-electron chi connectivity index (χ2n) is 11.2. The van der Waals surface area contributed by atoms with Crippen molar-refractivity contribution < 1.29 is 51.3 Å². The number of nitrogens with zero attached hydrogens (tertiary/aromatic N) is 4. The molecular weight excluding hydrogens is 636 g/mol. The molecule has 5 N–H and O–H groups in total. The number of ether oxygens (including phenoxy) is 2. The third-order valence-corrected chi connectivity index (χ3v) is 9.61. The molecule has 0 amide bonds. The Morgan fingerprint density at radius 3 is 2.59 bits per heavy atom. The molecule has 0 radical (unpaired) electrons. The lowest BCUT2D eigenvalue weighted by Gasteiger charge is -2.31. The lowest BCUT2D eigenvalue weighted by Crippen LogP contribution is -2.46. The van der Waals surface area contributed by atoms with Crippen molar-refractivity contribution in [2.75, 3.05) is 12.3 Å². The van der Waals surface area contributed by atoms with Crippen LogP contribution in [0.1, 0.15) is 44.4 Å². The molecular formula is C28H32F3N6O8P. The van der Waals surface area contributed by atoms with Crippen molar-refractivity contribution in [2.24, 2.45) is 5.92 Å². The zero-order valence-corrected chi connectivity index (χ0v) is 25.3. The van der Waals surface area contributed by atoms with E-state index in [0.717, 1.165) is 0 Å². The van der Waals surface area contributed by atoms with Gasteiger partial charge in [0.1, 0.15) is 60.7 Å². The predicted octanol–water partition coefficient (Wildman–Crippen LogP) is 3.21. The van der Waals surface area contributed by atoms with Gasteiger partial charge in [0.05, 0.1) is 11.6 Å². The Morgan fingerprint density at radius 2 is 1.93 bits per heavy atom. The Kier molecular flexibility index (Phi) is 9.60. The third kappa shape index (κ3) is 6.97. The molecule has 2 aliphatic rings. The number of hydrogen-bond donors (Lipinski definition) is 4. The predicted molar refractivity (Wildman–Crippen MR) is 153 cm³/mol. The van der Waals surface area contributed by atoms with Crippen LogP contribution < -0.4 is 15.3 Å². The Bertz CT molecular complexity index is 1630. The van der Waals surface area contributed by atoms with Gasteiger partial charge in [-0.25, -0.2) is 14.1 Å². The molecule has 6 atom stereocenters. The molecule has 1 aliphatic heterocycles. The Balaban J connectivity index is 1.31. The van der Waals surface area contributed by atoms with Crippen LogP contribution in [-0.4, -0.2) is 73.5 Å². The van der Waals surface area contributed by atoms with E-state index in [1.165, 1.54) is 36.0 Å². The fraction of sp³-hybridized carbons (Fsp3) is 0.500. The number of carbonyl (C=O) groups is 1. The van der Waals surface area contributed by atoms with Crippen LogP contribution in [0.4, 0.5) is 19.0 Å². The number of halogens is 3. The average molecular weight is 669 g/mol. The standard InChI is InChI=1S/C28H32F3N6O8P/c1-16(26(40)43-18-9-7-17(8-10-18)28(29,30)31)36-46(41,45-19-5-3-2-4-6-19)42-14-27(13-32)24(39)22(38)23(44-27)20-11-12-21-25(33)34-15-35-37(20)21/h2-6,11-12,15-18,22-24,38-39H,7-10,14H2,1H3,(H,36,41)(H2,33,34,35)/t16-,17-,18-,22+,23+,24+,27-,46+/m1/s1. The molecule has 46 heavy (non-hydrogen) atoms. The van der Waals surface area contributed by atoms with Gasteiger partial charge in [-0.3, -0.25) is 9.32 Å². The van der Waals surface area contributed by atoms with E-state index in [2.05, 4.69) is 15.2 Å². The maximum Gasteiger partial charge on any atom is 0.459 e. The first kappa shape index (κ1) is 33.6. The number of rotatable bonds is 10. The van der Waals surface area contributed by atoms with Crippen molar-refractivity contribution in [1.82, 2.24) is 19.7 Å². The molecule has 2 aromatic heterocycles. The monoisotopic (exact) mass is 668 g/mol. The highest BCUT2D eigenvalue weighted by atomic mass is 31.2. The molecule has 5 rings (SSSR count). The van der Waals surface area contributed by atoms with Crippen LogP contribution >= 0.6 is 7.75 Å². The van der Waals surface area contributed by atoms with Crippen LogP contribution in [0.5, 0.6) is 5.75 Å². The second kappa shape index (κ2) is 13.1. The first-order valence-electron chi connectivity index (χ1n) is 14.3. The van der Waals surface area contributed by atoms with E-state index in [0.29, 0.717) is 5.52 Å². The summed E-state index contributed by atoms with van der Waals surface area (Å²) in [5, 5.41) is 38.5. The molecule has 1 saturated heterocycles. The largest absolute Gasteiger partial charge is 0.461 e. The maximum absolute atomic E-state index is 14.0. The molecule has 18 heteroatoms. The number of anilines is 1. The van der Waals surface area contributed by atoms with Crippen molar-refractivity contribution in [3.8, 4) is 11.8 Å². The van der Waals surface area contributed by atoms with Gasteiger partial charge in [-0.2, -0.15) is 28.6 Å². The SMILES string of the molecule is C[C@@H](N[P@](=O)(OC[C@@]1(C#N)O[C@@H](c2ccc3c(N)ncnn23)[C@H](O)[C@@H]1O)Oc1ccccc1)C(=O)O[C@H]1CC[C@H](C(F)(F)F)CC1. The number of esters is 1. The van der Waals surface area contributed by atoms with Crippen molar-refractivity contribution >= 4 is 25.1 Å². The average Bonchev–Trinajstić information content (AvgIpc) is 3.56. The number of hydrogen-bond acceptors (Lipinski definition) is 12. The molecule has 248 valence electrons. The van der Waals surface area contributed by atoms with Gasteiger partial charge in [0.2, 0.25) is 5.60 Å². The van der Waals surface area contributed by atoms with Crippen molar-refractivity contribution in [1.29, 1.82) is 5.26 Å². The first-order valence-corrected chi connectivity index (χ1v) is 15.9. The van der Waals surface area contributed by atoms with E-state index in [9.17, 15) is 38.0 Å². The number of alkyl halides is 3. The highest BCUT2D eigenvalue weighted by Crippen LogP contribution is 2.48. The third-order valence-electron chi connectivity index (χ3n) is 7.98. The van der Waals surface area contributed by atoms with Crippen LogP contribution in [-0.2, 0) is 23.4 Å². The molecule has 14 nitrogen and oxygen atoms in total. The van der Waals surface area contributed by atoms with Gasteiger partial charge in [-0.15, -0.1) is 0 Å². The number of nitrogens with two attached hydrogens (primary N) is 1. The normalized spacial score (nSPS) is 28.7. The molecule has 0 unspecified atom stereocenters. The van der Waals surface area contributed by atoms with E-state index in [-0.39, 0.29) is 42.9 Å². The number of aromatic nitrogens is 3. The summed E-state index contributed by atoms with van der Waals surface area (Å²) in [6.07, 6.45) is -9.11. The van der Waals surface area contributed by atoms with Crippen LogP contribution in [0, 0.1) is 17.2 Å². The van der Waals surface area contributed by atoms with Gasteiger partial charge in [0, 0.05) is 0 Å². The van der Waals surface area contributed by atoms with Crippen molar-refractivity contribution in [3.05, 3.63) is 54.5 Å². The minimum atomic E-state index is -4.58. The maximum atomic E-state index is 14.0. The smallest absolute Gasteiger partial charge is 0.459 e. The Labute approximate surface area is 260 Å². The zero-order chi connectivity index (χ0) is 33.3. The number of nitrogen functional groups attached to an aromatic ring is 1. The number of carbonyl (C=O) groups excluding carboxylic acids is 1. The van der Waals surface area contributed by atoms with E-state index in [4.69, 9.17) is 24.3 Å². The topological polar surface area (TPSA) is 204 Å². The summed E-state index contributed by atoms with van der Waals surface area (Å²) in [5.41, 5.74) is 4.22. The van der Waals surface area contributed by atoms with Gasteiger partial charge in [-0.05, 0) is 56.9 Å². The van der Waals surface area contributed by atoms with Gasteiger partial charge >= 0.3 is 19.9 Å². The molecule has 1 saturated carbocycles. The molecule has 2 fully saturated rings. The zero-order valence-electron chi connectivity index (χ0n) is 24.4. The number of fused-ring (bicyclic) bond motifs is 1. The Hall–Kier alpha value is -3.78. The minimum absolute atomic E-state index is 0.0102.